The number of aromatic nitrogens is 4. The van der Waals surface area contributed by atoms with Crippen LogP contribution in [0.3, 0.4) is 0 Å². The van der Waals surface area contributed by atoms with Gasteiger partial charge in [0, 0.05) is 38.1 Å². The number of pyridine rings is 1. The van der Waals surface area contributed by atoms with E-state index in [1.807, 2.05) is 12.1 Å². The number of benzene rings is 1. The molecule has 1 aromatic carbocycles. The van der Waals surface area contributed by atoms with E-state index >= 15 is 0 Å². The number of aryl methyl sites for hydroxylation is 1. The largest absolute Gasteiger partial charge is 0.366 e. The van der Waals surface area contributed by atoms with Crippen molar-refractivity contribution in [2.24, 2.45) is 0 Å². The van der Waals surface area contributed by atoms with Gasteiger partial charge in [0.1, 0.15) is 26.7 Å². The molecule has 6 rings (SSSR count). The second kappa shape index (κ2) is 8.22. The number of piperazine rings is 1. The lowest BCUT2D eigenvalue weighted by Gasteiger charge is -2.27. The van der Waals surface area contributed by atoms with Gasteiger partial charge in [-0.15, -0.1) is 21.5 Å². The molecule has 0 amide bonds. The topological polar surface area (TPSA) is 78.9 Å². The summed E-state index contributed by atoms with van der Waals surface area (Å²) in [7, 11) is 0. The van der Waals surface area contributed by atoms with Crippen LogP contribution in [0.1, 0.15) is 29.5 Å². The number of thiophene rings is 1. The van der Waals surface area contributed by atoms with Gasteiger partial charge in [-0.3, -0.25) is 0 Å². The van der Waals surface area contributed by atoms with Gasteiger partial charge in [0.25, 0.3) is 0 Å². The first-order valence-corrected chi connectivity index (χ1v) is 12.0. The number of nitrogens with zero attached hydrogens (tertiary/aromatic N) is 5. The van der Waals surface area contributed by atoms with Crippen molar-refractivity contribution in [2.45, 2.75) is 32.2 Å². The van der Waals surface area contributed by atoms with Crippen molar-refractivity contribution >= 4 is 43.4 Å². The SMILES string of the molecule is Fc1ccc(CNc2nc3sc4c(N5CCNCC5)nnnc4c3c3c2CCCC3)cc1. The molecule has 1 saturated heterocycles. The van der Waals surface area contributed by atoms with Gasteiger partial charge in [-0.25, -0.2) is 9.37 Å². The Kier molecular flexibility index (Phi) is 5.07. The smallest absolute Gasteiger partial charge is 0.172 e. The number of nitrogens with one attached hydrogen (secondary N) is 2. The van der Waals surface area contributed by atoms with Crippen molar-refractivity contribution in [3.05, 3.63) is 46.8 Å². The predicted octanol–water partition coefficient (Wildman–Crippen LogP) is 3.67. The first kappa shape index (κ1) is 19.8. The van der Waals surface area contributed by atoms with Crippen LogP contribution in [0.2, 0.25) is 0 Å². The standard InChI is InChI=1S/C23H24FN7S/c24-15-7-5-14(6-8-15)13-26-21-17-4-2-1-3-16(17)18-19-20(32-23(18)27-21)22(29-30-28-19)31-11-9-25-10-12-31/h5-8,25H,1-4,9-13H2,(H,26,27). The summed E-state index contributed by atoms with van der Waals surface area (Å²) in [6.45, 7) is 4.34. The molecule has 2 aliphatic rings. The summed E-state index contributed by atoms with van der Waals surface area (Å²) in [4.78, 5) is 8.33. The van der Waals surface area contributed by atoms with Gasteiger partial charge < -0.3 is 15.5 Å². The van der Waals surface area contributed by atoms with Gasteiger partial charge in [-0.1, -0.05) is 12.1 Å². The minimum atomic E-state index is -0.217. The van der Waals surface area contributed by atoms with Gasteiger partial charge in [0.15, 0.2) is 5.82 Å². The third kappa shape index (κ3) is 3.45. The van der Waals surface area contributed by atoms with E-state index in [-0.39, 0.29) is 5.82 Å². The highest BCUT2D eigenvalue weighted by Crippen LogP contribution is 2.42. The molecule has 2 N–H and O–H groups in total. The zero-order valence-corrected chi connectivity index (χ0v) is 18.5. The third-order valence-electron chi connectivity index (χ3n) is 6.41. The summed E-state index contributed by atoms with van der Waals surface area (Å²) < 4.78 is 14.3. The van der Waals surface area contributed by atoms with E-state index in [0.29, 0.717) is 6.54 Å². The monoisotopic (exact) mass is 449 g/mol. The Balaban J connectivity index is 1.45. The van der Waals surface area contributed by atoms with Crippen molar-refractivity contribution in [1.82, 2.24) is 25.7 Å². The molecule has 4 aromatic rings. The molecule has 1 aliphatic heterocycles. The fourth-order valence-corrected chi connectivity index (χ4v) is 5.95. The summed E-state index contributed by atoms with van der Waals surface area (Å²) in [6.07, 6.45) is 4.36. The Hall–Kier alpha value is -2.91. The van der Waals surface area contributed by atoms with E-state index in [4.69, 9.17) is 4.98 Å². The summed E-state index contributed by atoms with van der Waals surface area (Å²) in [6, 6.07) is 6.62. The highest BCUT2D eigenvalue weighted by molar-refractivity contribution is 7.26. The molecule has 164 valence electrons. The zero-order valence-electron chi connectivity index (χ0n) is 17.7. The molecule has 0 radical (unpaired) electrons. The van der Waals surface area contributed by atoms with Crippen LogP contribution in [-0.2, 0) is 19.4 Å². The van der Waals surface area contributed by atoms with Crippen molar-refractivity contribution in [1.29, 1.82) is 0 Å². The molecule has 3 aromatic heterocycles. The second-order valence-electron chi connectivity index (χ2n) is 8.41. The lowest BCUT2D eigenvalue weighted by atomic mass is 9.90. The normalized spacial score (nSPS) is 16.5. The average Bonchev–Trinajstić information content (AvgIpc) is 3.23. The molecule has 32 heavy (non-hydrogen) atoms. The van der Waals surface area contributed by atoms with Crippen LogP contribution in [-0.4, -0.2) is 46.6 Å². The molecular formula is C23H24FN7S. The van der Waals surface area contributed by atoms with Gasteiger partial charge in [-0.2, -0.15) is 0 Å². The van der Waals surface area contributed by atoms with Crippen LogP contribution in [0.15, 0.2) is 24.3 Å². The van der Waals surface area contributed by atoms with Gasteiger partial charge in [-0.05, 0) is 59.7 Å². The van der Waals surface area contributed by atoms with Crippen LogP contribution in [0.4, 0.5) is 16.0 Å². The Labute approximate surface area is 189 Å². The fraction of sp³-hybridized carbons (Fsp3) is 0.391. The molecule has 1 aliphatic carbocycles. The minimum Gasteiger partial charge on any atom is -0.366 e. The zero-order chi connectivity index (χ0) is 21.5. The van der Waals surface area contributed by atoms with Crippen molar-refractivity contribution < 1.29 is 4.39 Å². The maximum Gasteiger partial charge on any atom is 0.172 e. The van der Waals surface area contributed by atoms with Crippen molar-refractivity contribution in [3.63, 3.8) is 0 Å². The van der Waals surface area contributed by atoms with E-state index in [2.05, 4.69) is 30.9 Å². The molecular weight excluding hydrogens is 425 g/mol. The molecule has 0 saturated carbocycles. The molecule has 0 spiro atoms. The predicted molar refractivity (Wildman–Crippen MR) is 126 cm³/mol. The lowest BCUT2D eigenvalue weighted by Crippen LogP contribution is -2.44. The number of anilines is 2. The van der Waals surface area contributed by atoms with Crippen LogP contribution < -0.4 is 15.5 Å². The van der Waals surface area contributed by atoms with E-state index in [1.54, 1.807) is 11.3 Å². The molecule has 0 unspecified atom stereocenters. The lowest BCUT2D eigenvalue weighted by molar-refractivity contribution is 0.583. The second-order valence-corrected chi connectivity index (χ2v) is 9.41. The fourth-order valence-electron chi connectivity index (χ4n) is 4.79. The third-order valence-corrected chi connectivity index (χ3v) is 7.48. The summed E-state index contributed by atoms with van der Waals surface area (Å²) in [5.74, 6) is 1.64. The highest BCUT2D eigenvalue weighted by Gasteiger charge is 2.25. The summed E-state index contributed by atoms with van der Waals surface area (Å²) in [5, 5.41) is 21.1. The van der Waals surface area contributed by atoms with Gasteiger partial charge >= 0.3 is 0 Å². The number of halogens is 1. The number of hydrogen-bond acceptors (Lipinski definition) is 8. The summed E-state index contributed by atoms with van der Waals surface area (Å²) in [5.41, 5.74) is 4.60. The Morgan fingerprint density at radius 1 is 1.03 bits per heavy atom. The van der Waals surface area contributed by atoms with Gasteiger partial charge in [0.2, 0.25) is 0 Å². The number of rotatable bonds is 4. The first-order valence-electron chi connectivity index (χ1n) is 11.2. The van der Waals surface area contributed by atoms with E-state index in [9.17, 15) is 4.39 Å². The van der Waals surface area contributed by atoms with E-state index < -0.39 is 0 Å². The maximum absolute atomic E-state index is 13.3. The average molecular weight is 450 g/mol. The minimum absolute atomic E-state index is 0.217. The number of fused-ring (bicyclic) bond motifs is 5. The quantitative estimate of drug-likeness (QED) is 0.492. The molecule has 1 fully saturated rings. The highest BCUT2D eigenvalue weighted by atomic mass is 32.1. The Morgan fingerprint density at radius 2 is 1.81 bits per heavy atom. The molecule has 0 bridgehead atoms. The maximum atomic E-state index is 13.3. The van der Waals surface area contributed by atoms with E-state index in [1.165, 1.54) is 29.7 Å². The van der Waals surface area contributed by atoms with Crippen LogP contribution in [0, 0.1) is 5.82 Å². The summed E-state index contributed by atoms with van der Waals surface area (Å²) >= 11 is 1.66. The van der Waals surface area contributed by atoms with Crippen LogP contribution in [0.5, 0.6) is 0 Å². The van der Waals surface area contributed by atoms with Gasteiger partial charge in [0.05, 0.1) is 0 Å². The number of hydrogen-bond donors (Lipinski definition) is 2. The molecule has 9 heteroatoms. The Bertz CT molecular complexity index is 1280. The van der Waals surface area contributed by atoms with Crippen LogP contribution in [0.25, 0.3) is 20.4 Å². The molecule has 4 heterocycles. The molecule has 7 nitrogen and oxygen atoms in total. The van der Waals surface area contributed by atoms with Crippen molar-refractivity contribution in [3.8, 4) is 0 Å². The van der Waals surface area contributed by atoms with E-state index in [0.717, 1.165) is 83.1 Å². The Morgan fingerprint density at radius 3 is 2.62 bits per heavy atom. The first-order chi connectivity index (χ1) is 15.8. The van der Waals surface area contributed by atoms with Crippen LogP contribution >= 0.6 is 11.3 Å². The van der Waals surface area contributed by atoms with Crippen molar-refractivity contribution in [2.75, 3.05) is 36.4 Å². The molecule has 0 atom stereocenters.